The Labute approximate surface area is 99.9 Å². The van der Waals surface area contributed by atoms with Gasteiger partial charge in [0.1, 0.15) is 0 Å². The zero-order valence-electron chi connectivity index (χ0n) is 11.3. The van der Waals surface area contributed by atoms with Gasteiger partial charge in [0.15, 0.2) is 0 Å². The second kappa shape index (κ2) is 3.04. The molecule has 1 aliphatic carbocycles. The molecular formula is C15H26O. The highest BCUT2D eigenvalue weighted by Crippen LogP contribution is 2.62. The van der Waals surface area contributed by atoms with Gasteiger partial charge in [-0.25, -0.2) is 0 Å². The molecule has 2 aliphatic heterocycles. The van der Waals surface area contributed by atoms with Crippen molar-refractivity contribution in [3.63, 3.8) is 0 Å². The van der Waals surface area contributed by atoms with Crippen molar-refractivity contribution in [1.82, 2.24) is 0 Å². The maximum atomic E-state index is 6.55. The maximum Gasteiger partial charge on any atom is 0.0693 e. The van der Waals surface area contributed by atoms with Crippen LogP contribution in [0.5, 0.6) is 0 Å². The van der Waals surface area contributed by atoms with Crippen molar-refractivity contribution >= 4 is 0 Å². The second-order valence-corrected chi connectivity index (χ2v) is 7.66. The number of rotatable bonds is 0. The van der Waals surface area contributed by atoms with Gasteiger partial charge in [-0.3, -0.25) is 0 Å². The van der Waals surface area contributed by atoms with Crippen LogP contribution < -0.4 is 0 Å². The first-order valence-electron chi connectivity index (χ1n) is 7.05. The van der Waals surface area contributed by atoms with Gasteiger partial charge in [-0.15, -0.1) is 0 Å². The number of hydrogen-bond donors (Lipinski definition) is 0. The molecule has 0 amide bonds. The summed E-state index contributed by atoms with van der Waals surface area (Å²) in [4.78, 5) is 0. The van der Waals surface area contributed by atoms with E-state index in [0.29, 0.717) is 5.41 Å². The Balaban J connectivity index is 1.92. The van der Waals surface area contributed by atoms with Gasteiger partial charge in [-0.2, -0.15) is 0 Å². The van der Waals surface area contributed by atoms with Gasteiger partial charge in [0.25, 0.3) is 0 Å². The molecule has 92 valence electrons. The Morgan fingerprint density at radius 3 is 2.38 bits per heavy atom. The lowest BCUT2D eigenvalue weighted by molar-refractivity contribution is -0.220. The summed E-state index contributed by atoms with van der Waals surface area (Å²) in [6.45, 7) is 9.65. The van der Waals surface area contributed by atoms with Gasteiger partial charge in [0.05, 0.1) is 11.2 Å². The molecule has 1 saturated carbocycles. The Morgan fingerprint density at radius 2 is 1.69 bits per heavy atom. The van der Waals surface area contributed by atoms with Crippen LogP contribution in [0.25, 0.3) is 0 Å². The predicted molar refractivity (Wildman–Crippen MR) is 66.4 cm³/mol. The summed E-state index contributed by atoms with van der Waals surface area (Å²) in [6.07, 6.45) is 8.00. The standard InChI is InChI=1S/C15H26O/c1-13(2)10-12-11(13)6-9-14(3)7-5-8-15(12,4)16-14/h11-12H,5-10H2,1-4H3. The molecule has 4 atom stereocenters. The highest BCUT2D eigenvalue weighted by Gasteiger charge is 2.59. The lowest BCUT2D eigenvalue weighted by Gasteiger charge is -2.58. The average molecular weight is 222 g/mol. The lowest BCUT2D eigenvalue weighted by Crippen LogP contribution is -2.56. The third-order valence-corrected chi connectivity index (χ3v) is 5.86. The molecule has 1 nitrogen and oxygen atoms in total. The van der Waals surface area contributed by atoms with Gasteiger partial charge in [-0.1, -0.05) is 13.8 Å². The molecule has 3 aliphatic rings. The Bertz CT molecular complexity index is 309. The molecule has 0 spiro atoms. The van der Waals surface area contributed by atoms with Crippen LogP contribution in [0.15, 0.2) is 0 Å². The van der Waals surface area contributed by atoms with Gasteiger partial charge in [-0.05, 0) is 69.6 Å². The molecule has 0 aromatic carbocycles. The van der Waals surface area contributed by atoms with Gasteiger partial charge >= 0.3 is 0 Å². The lowest BCUT2D eigenvalue weighted by atomic mass is 9.50. The third-order valence-electron chi connectivity index (χ3n) is 5.86. The maximum absolute atomic E-state index is 6.55. The molecule has 0 radical (unpaired) electrons. The molecular weight excluding hydrogens is 196 g/mol. The third kappa shape index (κ3) is 1.40. The van der Waals surface area contributed by atoms with Gasteiger partial charge < -0.3 is 4.74 Å². The highest BCUT2D eigenvalue weighted by molar-refractivity contribution is 5.08. The van der Waals surface area contributed by atoms with Crippen molar-refractivity contribution in [2.24, 2.45) is 17.3 Å². The van der Waals surface area contributed by atoms with E-state index in [2.05, 4.69) is 27.7 Å². The van der Waals surface area contributed by atoms with Crippen LogP contribution >= 0.6 is 0 Å². The Morgan fingerprint density at radius 1 is 0.938 bits per heavy atom. The SMILES string of the molecule is CC12CCCC(C)(O1)C1CC(C)(C)C1CC2. The zero-order valence-corrected chi connectivity index (χ0v) is 11.3. The van der Waals surface area contributed by atoms with Gasteiger partial charge in [0, 0.05) is 0 Å². The summed E-state index contributed by atoms with van der Waals surface area (Å²) < 4.78 is 6.55. The molecule has 1 heteroatoms. The summed E-state index contributed by atoms with van der Waals surface area (Å²) in [5.41, 5.74) is 0.967. The molecule has 2 heterocycles. The first-order chi connectivity index (χ1) is 7.35. The van der Waals surface area contributed by atoms with E-state index >= 15 is 0 Å². The molecule has 3 rings (SSSR count). The number of hydrogen-bond acceptors (Lipinski definition) is 1. The van der Waals surface area contributed by atoms with E-state index in [1.165, 1.54) is 38.5 Å². The summed E-state index contributed by atoms with van der Waals surface area (Å²) >= 11 is 0. The van der Waals surface area contributed by atoms with Crippen LogP contribution in [0.3, 0.4) is 0 Å². The normalized spacial score (nSPS) is 54.8. The van der Waals surface area contributed by atoms with Crippen LogP contribution in [-0.2, 0) is 4.74 Å². The van der Waals surface area contributed by atoms with E-state index in [1.54, 1.807) is 0 Å². The molecule has 0 aromatic rings. The van der Waals surface area contributed by atoms with E-state index in [1.807, 2.05) is 0 Å². The van der Waals surface area contributed by atoms with E-state index in [-0.39, 0.29) is 11.2 Å². The van der Waals surface area contributed by atoms with E-state index in [9.17, 15) is 0 Å². The number of ether oxygens (including phenoxy) is 1. The summed E-state index contributed by atoms with van der Waals surface area (Å²) in [5, 5.41) is 0. The van der Waals surface area contributed by atoms with Crippen molar-refractivity contribution in [2.45, 2.75) is 77.4 Å². The minimum Gasteiger partial charge on any atom is -0.369 e. The average Bonchev–Trinajstić information content (AvgIpc) is 2.19. The fraction of sp³-hybridized carbons (Fsp3) is 1.00. The minimum atomic E-state index is 0.195. The Hall–Kier alpha value is -0.0400. The largest absolute Gasteiger partial charge is 0.369 e. The molecule has 4 unspecified atom stereocenters. The minimum absolute atomic E-state index is 0.195. The van der Waals surface area contributed by atoms with Crippen molar-refractivity contribution in [3.05, 3.63) is 0 Å². The molecule has 0 N–H and O–H groups in total. The summed E-state index contributed by atoms with van der Waals surface area (Å²) in [6, 6.07) is 0. The van der Waals surface area contributed by atoms with Crippen LogP contribution in [0.1, 0.15) is 66.2 Å². The molecule has 2 saturated heterocycles. The van der Waals surface area contributed by atoms with Gasteiger partial charge in [0.2, 0.25) is 0 Å². The first kappa shape index (κ1) is 11.1. The smallest absolute Gasteiger partial charge is 0.0693 e. The summed E-state index contributed by atoms with van der Waals surface area (Å²) in [7, 11) is 0. The van der Waals surface area contributed by atoms with Crippen LogP contribution in [-0.4, -0.2) is 11.2 Å². The Kier molecular flexibility index (Phi) is 2.11. The molecule has 2 bridgehead atoms. The quantitative estimate of drug-likeness (QED) is 0.598. The van der Waals surface area contributed by atoms with Crippen LogP contribution in [0.4, 0.5) is 0 Å². The predicted octanol–water partition coefficient (Wildman–Crippen LogP) is 4.16. The van der Waals surface area contributed by atoms with Crippen molar-refractivity contribution in [1.29, 1.82) is 0 Å². The van der Waals surface area contributed by atoms with Crippen LogP contribution in [0, 0.1) is 17.3 Å². The van der Waals surface area contributed by atoms with E-state index in [0.717, 1.165) is 11.8 Å². The molecule has 3 fully saturated rings. The zero-order chi connectivity index (χ0) is 11.6. The molecule has 16 heavy (non-hydrogen) atoms. The second-order valence-electron chi connectivity index (χ2n) is 7.66. The fourth-order valence-electron chi connectivity index (χ4n) is 4.85. The van der Waals surface area contributed by atoms with Crippen molar-refractivity contribution in [2.75, 3.05) is 0 Å². The fourth-order valence-corrected chi connectivity index (χ4v) is 4.85. The van der Waals surface area contributed by atoms with Crippen molar-refractivity contribution in [3.8, 4) is 0 Å². The monoisotopic (exact) mass is 222 g/mol. The summed E-state index contributed by atoms with van der Waals surface area (Å²) in [5.74, 6) is 1.75. The van der Waals surface area contributed by atoms with Crippen LogP contribution in [0.2, 0.25) is 0 Å². The van der Waals surface area contributed by atoms with E-state index in [4.69, 9.17) is 4.74 Å². The van der Waals surface area contributed by atoms with E-state index < -0.39 is 0 Å². The number of fused-ring (bicyclic) bond motifs is 4. The topological polar surface area (TPSA) is 9.23 Å². The highest BCUT2D eigenvalue weighted by atomic mass is 16.5. The first-order valence-corrected chi connectivity index (χ1v) is 7.05. The molecule has 0 aromatic heterocycles. The van der Waals surface area contributed by atoms with Crippen molar-refractivity contribution < 1.29 is 4.74 Å².